The van der Waals surface area contributed by atoms with E-state index in [2.05, 4.69) is 70.6 Å². The Bertz CT molecular complexity index is 705. The number of hydrogen-bond donors (Lipinski definition) is 2. The van der Waals surface area contributed by atoms with Gasteiger partial charge in [0.1, 0.15) is 0 Å². The molecule has 152 valence electrons. The number of nitrogens with one attached hydrogen (secondary N) is 2. The molecule has 1 unspecified atom stereocenters. The fourth-order valence-corrected chi connectivity index (χ4v) is 3.45. The largest absolute Gasteiger partial charge is 0.379 e. The minimum atomic E-state index is 0.268. The normalized spacial score (nSPS) is 16.7. The van der Waals surface area contributed by atoms with E-state index in [1.807, 2.05) is 12.1 Å². The van der Waals surface area contributed by atoms with Crippen molar-refractivity contribution >= 4 is 5.96 Å². The number of aryl methyl sites for hydroxylation is 1. The number of hydrogen-bond acceptors (Lipinski definition) is 3. The fourth-order valence-electron chi connectivity index (χ4n) is 3.45. The Balaban J connectivity index is 1.66. The minimum absolute atomic E-state index is 0.268. The summed E-state index contributed by atoms with van der Waals surface area (Å²) in [7, 11) is 0. The highest BCUT2D eigenvalue weighted by Crippen LogP contribution is 2.22. The Morgan fingerprint density at radius 1 is 1.11 bits per heavy atom. The second kappa shape index (κ2) is 10.9. The summed E-state index contributed by atoms with van der Waals surface area (Å²) in [4.78, 5) is 7.40. The zero-order valence-electron chi connectivity index (χ0n) is 17.1. The van der Waals surface area contributed by atoms with Crippen LogP contribution in [0.2, 0.25) is 0 Å². The van der Waals surface area contributed by atoms with Crippen molar-refractivity contribution in [1.82, 2.24) is 20.1 Å². The Labute approximate surface area is 168 Å². The van der Waals surface area contributed by atoms with Crippen LogP contribution < -0.4 is 10.6 Å². The van der Waals surface area contributed by atoms with Crippen molar-refractivity contribution in [1.29, 1.82) is 0 Å². The van der Waals surface area contributed by atoms with Gasteiger partial charge in [-0.2, -0.15) is 0 Å². The lowest BCUT2D eigenvalue weighted by Gasteiger charge is -2.34. The average Bonchev–Trinajstić information content (AvgIpc) is 3.24. The number of rotatable bonds is 8. The van der Waals surface area contributed by atoms with E-state index in [0.717, 1.165) is 58.4 Å². The maximum absolute atomic E-state index is 5.55. The van der Waals surface area contributed by atoms with Gasteiger partial charge in [0.05, 0.1) is 25.8 Å². The van der Waals surface area contributed by atoms with Crippen LogP contribution in [0.5, 0.6) is 0 Å². The first-order chi connectivity index (χ1) is 13.8. The topological polar surface area (TPSA) is 53.8 Å². The monoisotopic (exact) mass is 383 g/mol. The third-order valence-corrected chi connectivity index (χ3v) is 5.04. The molecule has 6 heteroatoms. The Hall–Kier alpha value is -2.31. The van der Waals surface area contributed by atoms with Gasteiger partial charge < -0.3 is 19.9 Å². The van der Waals surface area contributed by atoms with Crippen LogP contribution in [0.25, 0.3) is 0 Å². The van der Waals surface area contributed by atoms with E-state index < -0.39 is 0 Å². The fraction of sp³-hybridized carbons (Fsp3) is 0.500. The van der Waals surface area contributed by atoms with Crippen LogP contribution in [0, 0.1) is 6.92 Å². The molecule has 1 atom stereocenters. The van der Waals surface area contributed by atoms with Crippen LogP contribution >= 0.6 is 0 Å². The molecule has 28 heavy (non-hydrogen) atoms. The SMILES string of the molecule is CCNC(=NCC(c1ccc(C)cc1)N1CCOCC1)NCCn1cccc1. The van der Waals surface area contributed by atoms with E-state index in [1.165, 1.54) is 11.1 Å². The Kier molecular flexibility index (Phi) is 7.94. The molecule has 2 N–H and O–H groups in total. The van der Waals surface area contributed by atoms with Crippen molar-refractivity contribution in [3.63, 3.8) is 0 Å². The summed E-state index contributed by atoms with van der Waals surface area (Å²) >= 11 is 0. The molecule has 2 heterocycles. The molecular formula is C22H33N5O. The first-order valence-electron chi connectivity index (χ1n) is 10.3. The molecule has 1 fully saturated rings. The van der Waals surface area contributed by atoms with Crippen molar-refractivity contribution in [2.45, 2.75) is 26.4 Å². The average molecular weight is 384 g/mol. The van der Waals surface area contributed by atoms with Crippen LogP contribution in [0.15, 0.2) is 53.8 Å². The van der Waals surface area contributed by atoms with Gasteiger partial charge in [-0.15, -0.1) is 0 Å². The maximum Gasteiger partial charge on any atom is 0.191 e. The molecule has 3 rings (SSSR count). The standard InChI is InChI=1S/C22H33N5O/c1-3-23-22(24-10-13-26-11-4-5-12-26)25-18-21(27-14-16-28-17-15-27)20-8-6-19(2)7-9-20/h4-9,11-12,21H,3,10,13-18H2,1-2H3,(H2,23,24,25). The van der Waals surface area contributed by atoms with E-state index in [4.69, 9.17) is 9.73 Å². The summed E-state index contributed by atoms with van der Waals surface area (Å²) in [6, 6.07) is 13.2. The molecule has 2 aromatic rings. The van der Waals surface area contributed by atoms with E-state index in [9.17, 15) is 0 Å². The van der Waals surface area contributed by atoms with Crippen molar-refractivity contribution in [3.8, 4) is 0 Å². The highest BCUT2D eigenvalue weighted by atomic mass is 16.5. The van der Waals surface area contributed by atoms with Crippen LogP contribution in [-0.4, -0.2) is 61.4 Å². The lowest BCUT2D eigenvalue weighted by Crippen LogP contribution is -2.42. The zero-order chi connectivity index (χ0) is 19.6. The predicted molar refractivity (Wildman–Crippen MR) is 115 cm³/mol. The molecular weight excluding hydrogens is 350 g/mol. The van der Waals surface area contributed by atoms with Crippen LogP contribution in [0.1, 0.15) is 24.1 Å². The summed E-state index contributed by atoms with van der Waals surface area (Å²) in [6.07, 6.45) is 4.16. The van der Waals surface area contributed by atoms with Gasteiger partial charge in [-0.05, 0) is 31.5 Å². The van der Waals surface area contributed by atoms with Crippen molar-refractivity contribution in [2.24, 2.45) is 4.99 Å². The highest BCUT2D eigenvalue weighted by molar-refractivity contribution is 5.79. The Morgan fingerprint density at radius 2 is 1.82 bits per heavy atom. The molecule has 0 aliphatic carbocycles. The van der Waals surface area contributed by atoms with Gasteiger partial charge in [-0.3, -0.25) is 9.89 Å². The van der Waals surface area contributed by atoms with Crippen molar-refractivity contribution in [2.75, 3.05) is 45.9 Å². The van der Waals surface area contributed by atoms with Crippen molar-refractivity contribution in [3.05, 3.63) is 59.9 Å². The first kappa shape index (κ1) is 20.4. The second-order valence-electron chi connectivity index (χ2n) is 7.14. The lowest BCUT2D eigenvalue weighted by atomic mass is 10.0. The van der Waals surface area contributed by atoms with Crippen LogP contribution in [-0.2, 0) is 11.3 Å². The van der Waals surface area contributed by atoms with Gasteiger partial charge in [-0.25, -0.2) is 0 Å². The van der Waals surface area contributed by atoms with E-state index >= 15 is 0 Å². The molecule has 1 aliphatic heterocycles. The molecule has 1 aromatic heterocycles. The van der Waals surface area contributed by atoms with E-state index in [1.54, 1.807) is 0 Å². The zero-order valence-corrected chi connectivity index (χ0v) is 17.1. The number of guanidine groups is 1. The lowest BCUT2D eigenvalue weighted by molar-refractivity contribution is 0.0179. The molecule has 1 aromatic carbocycles. The van der Waals surface area contributed by atoms with Crippen LogP contribution in [0.3, 0.4) is 0 Å². The molecule has 1 aliphatic rings. The molecule has 0 saturated carbocycles. The molecule has 0 amide bonds. The number of aliphatic imine (C=N–C) groups is 1. The number of morpholine rings is 1. The summed E-state index contributed by atoms with van der Waals surface area (Å²) in [5.74, 6) is 0.875. The molecule has 0 radical (unpaired) electrons. The first-order valence-corrected chi connectivity index (χ1v) is 10.3. The quantitative estimate of drug-likeness (QED) is 0.543. The van der Waals surface area contributed by atoms with E-state index in [-0.39, 0.29) is 6.04 Å². The van der Waals surface area contributed by atoms with Crippen LogP contribution in [0.4, 0.5) is 0 Å². The van der Waals surface area contributed by atoms with Gasteiger partial charge >= 0.3 is 0 Å². The van der Waals surface area contributed by atoms with Gasteiger partial charge in [0.15, 0.2) is 5.96 Å². The third-order valence-electron chi connectivity index (χ3n) is 5.04. The maximum atomic E-state index is 5.55. The number of benzene rings is 1. The summed E-state index contributed by atoms with van der Waals surface area (Å²) in [5.41, 5.74) is 2.60. The van der Waals surface area contributed by atoms with Gasteiger partial charge in [-0.1, -0.05) is 29.8 Å². The Morgan fingerprint density at radius 3 is 2.50 bits per heavy atom. The third kappa shape index (κ3) is 6.11. The van der Waals surface area contributed by atoms with Gasteiger partial charge in [0.25, 0.3) is 0 Å². The molecule has 0 bridgehead atoms. The number of ether oxygens (including phenoxy) is 1. The molecule has 6 nitrogen and oxygen atoms in total. The van der Waals surface area contributed by atoms with Gasteiger partial charge in [0.2, 0.25) is 0 Å². The number of aromatic nitrogens is 1. The predicted octanol–water partition coefficient (Wildman–Crippen LogP) is 2.43. The minimum Gasteiger partial charge on any atom is -0.379 e. The van der Waals surface area contributed by atoms with Gasteiger partial charge in [0, 0.05) is 45.1 Å². The number of nitrogens with zero attached hydrogens (tertiary/aromatic N) is 3. The smallest absolute Gasteiger partial charge is 0.191 e. The molecule has 0 spiro atoms. The second-order valence-corrected chi connectivity index (χ2v) is 7.14. The van der Waals surface area contributed by atoms with E-state index in [0.29, 0.717) is 0 Å². The summed E-state index contributed by atoms with van der Waals surface area (Å²) in [6.45, 7) is 11.0. The molecule has 1 saturated heterocycles. The summed E-state index contributed by atoms with van der Waals surface area (Å²) in [5, 5.41) is 6.82. The highest BCUT2D eigenvalue weighted by Gasteiger charge is 2.22. The van der Waals surface area contributed by atoms with Crippen molar-refractivity contribution < 1.29 is 4.74 Å². The summed E-state index contributed by atoms with van der Waals surface area (Å²) < 4.78 is 7.72.